The van der Waals surface area contributed by atoms with Crippen LogP contribution < -0.4 is 16.0 Å². The number of benzene rings is 1. The summed E-state index contributed by atoms with van der Waals surface area (Å²) in [6.07, 6.45) is -3.52. The first-order valence-electron chi connectivity index (χ1n) is 12.1. The van der Waals surface area contributed by atoms with Gasteiger partial charge in [0.15, 0.2) is 0 Å². The van der Waals surface area contributed by atoms with Crippen LogP contribution in [-0.2, 0) is 22.2 Å². The number of anilines is 4. The summed E-state index contributed by atoms with van der Waals surface area (Å²) in [4.78, 5) is 17.2. The Hall–Kier alpha value is -3.48. The highest BCUT2D eigenvalue weighted by Gasteiger charge is 2.35. The van der Waals surface area contributed by atoms with Crippen molar-refractivity contribution in [2.45, 2.75) is 12.7 Å². The molecule has 2 fully saturated rings. The maximum atomic E-state index is 13.9. The minimum absolute atomic E-state index is 0.100. The van der Waals surface area contributed by atoms with Gasteiger partial charge >= 0.3 is 6.18 Å². The molecule has 4 heterocycles. The predicted octanol–water partition coefficient (Wildman–Crippen LogP) is 3.55. The van der Waals surface area contributed by atoms with Gasteiger partial charge < -0.3 is 25.4 Å². The zero-order valence-corrected chi connectivity index (χ0v) is 20.2. The van der Waals surface area contributed by atoms with Crippen LogP contribution in [0.5, 0.6) is 0 Å². The fraction of sp³-hybridized carbons (Fsp3) is 0.400. The first-order chi connectivity index (χ1) is 17.8. The average Bonchev–Trinajstić information content (AvgIpc) is 2.89. The summed E-state index contributed by atoms with van der Waals surface area (Å²) >= 11 is 0. The van der Waals surface area contributed by atoms with E-state index in [1.807, 2.05) is 29.2 Å². The monoisotopic (exact) mass is 515 g/mol. The molecule has 0 aliphatic carbocycles. The maximum Gasteiger partial charge on any atom is 0.417 e. The van der Waals surface area contributed by atoms with Gasteiger partial charge in [0.2, 0.25) is 5.95 Å². The zero-order chi connectivity index (χ0) is 25.8. The van der Waals surface area contributed by atoms with Crippen LogP contribution >= 0.6 is 0 Å². The number of nitrogen functional groups attached to an aromatic ring is 1. The molecule has 9 nitrogen and oxygen atoms in total. The van der Waals surface area contributed by atoms with Gasteiger partial charge in [-0.15, -0.1) is 0 Å². The summed E-state index contributed by atoms with van der Waals surface area (Å²) in [7, 11) is 0. The first kappa shape index (κ1) is 25.2. The van der Waals surface area contributed by atoms with Crippen molar-refractivity contribution in [2.24, 2.45) is 0 Å². The van der Waals surface area contributed by atoms with Gasteiger partial charge in [-0.3, -0.25) is 4.90 Å². The molecular formula is C25H28F3N7O2. The van der Waals surface area contributed by atoms with E-state index in [1.165, 1.54) is 6.07 Å². The molecule has 37 heavy (non-hydrogen) atoms. The van der Waals surface area contributed by atoms with Gasteiger partial charge in [-0.1, -0.05) is 12.1 Å². The summed E-state index contributed by atoms with van der Waals surface area (Å²) < 4.78 is 52.5. The van der Waals surface area contributed by atoms with Gasteiger partial charge in [0, 0.05) is 56.2 Å². The van der Waals surface area contributed by atoms with Crippen LogP contribution in [0.2, 0.25) is 0 Å². The fourth-order valence-electron chi connectivity index (χ4n) is 4.36. The number of hydrogen-bond donors (Lipinski definition) is 2. The average molecular weight is 516 g/mol. The van der Waals surface area contributed by atoms with Gasteiger partial charge in [-0.05, 0) is 23.8 Å². The number of alkyl halides is 3. The lowest BCUT2D eigenvalue weighted by atomic mass is 10.1. The molecule has 12 heteroatoms. The fourth-order valence-corrected chi connectivity index (χ4v) is 4.36. The molecule has 196 valence electrons. The number of halogens is 3. The van der Waals surface area contributed by atoms with Gasteiger partial charge in [0.05, 0.1) is 37.7 Å². The SMILES string of the molecule is Nc1cc(C(F)(F)F)c(-c2cc(Nc3cccc(CN4CCOCC4)c3)nc(N3CCOCC3)n2)cn1. The largest absolute Gasteiger partial charge is 0.417 e. The number of morpholine rings is 2. The molecular weight excluding hydrogens is 487 g/mol. The molecule has 2 aliphatic heterocycles. The van der Waals surface area contributed by atoms with E-state index in [9.17, 15) is 13.2 Å². The van der Waals surface area contributed by atoms with Crippen LogP contribution in [0.1, 0.15) is 11.1 Å². The van der Waals surface area contributed by atoms with Crippen molar-refractivity contribution in [2.75, 3.05) is 68.6 Å². The minimum Gasteiger partial charge on any atom is -0.384 e. The second-order valence-electron chi connectivity index (χ2n) is 8.90. The molecule has 0 atom stereocenters. The van der Waals surface area contributed by atoms with Crippen LogP contribution in [0.25, 0.3) is 11.3 Å². The Kier molecular flexibility index (Phi) is 7.40. The topological polar surface area (TPSA) is 102 Å². The highest BCUT2D eigenvalue weighted by molar-refractivity contribution is 5.71. The van der Waals surface area contributed by atoms with Crippen molar-refractivity contribution >= 4 is 23.3 Å². The molecule has 1 aromatic carbocycles. The lowest BCUT2D eigenvalue weighted by Gasteiger charge is -2.27. The third-order valence-electron chi connectivity index (χ3n) is 6.22. The van der Waals surface area contributed by atoms with E-state index in [0.717, 1.165) is 43.1 Å². The van der Waals surface area contributed by atoms with Crippen molar-refractivity contribution in [3.8, 4) is 11.3 Å². The van der Waals surface area contributed by atoms with E-state index in [0.29, 0.717) is 51.3 Å². The third-order valence-corrected chi connectivity index (χ3v) is 6.22. The Morgan fingerprint density at radius 2 is 1.68 bits per heavy atom. The first-order valence-corrected chi connectivity index (χ1v) is 12.1. The molecule has 0 bridgehead atoms. The number of pyridine rings is 1. The van der Waals surface area contributed by atoms with Crippen molar-refractivity contribution in [1.29, 1.82) is 0 Å². The van der Waals surface area contributed by atoms with Crippen molar-refractivity contribution < 1.29 is 22.6 Å². The highest BCUT2D eigenvalue weighted by Crippen LogP contribution is 2.38. The molecule has 3 N–H and O–H groups in total. The molecule has 0 unspecified atom stereocenters. The van der Waals surface area contributed by atoms with E-state index < -0.39 is 11.7 Å². The number of nitrogens with one attached hydrogen (secondary N) is 1. The molecule has 2 aromatic heterocycles. The number of hydrogen-bond acceptors (Lipinski definition) is 9. The summed E-state index contributed by atoms with van der Waals surface area (Å²) in [5.41, 5.74) is 6.49. The molecule has 3 aromatic rings. The Morgan fingerprint density at radius 3 is 2.41 bits per heavy atom. The Labute approximate surface area is 212 Å². The molecule has 0 amide bonds. The Morgan fingerprint density at radius 1 is 0.946 bits per heavy atom. The summed E-state index contributed by atoms with van der Waals surface area (Å²) in [5.74, 6) is 0.478. The lowest BCUT2D eigenvalue weighted by molar-refractivity contribution is -0.137. The number of nitrogens with two attached hydrogens (primary N) is 1. The normalized spacial score (nSPS) is 17.1. The molecule has 5 rings (SSSR count). The zero-order valence-electron chi connectivity index (χ0n) is 20.2. The van der Waals surface area contributed by atoms with Gasteiger partial charge in [-0.2, -0.15) is 18.2 Å². The van der Waals surface area contributed by atoms with Crippen molar-refractivity contribution in [3.63, 3.8) is 0 Å². The van der Waals surface area contributed by atoms with Crippen LogP contribution in [0.3, 0.4) is 0 Å². The third kappa shape index (κ3) is 6.27. The van der Waals surface area contributed by atoms with Crippen LogP contribution in [-0.4, -0.2) is 72.5 Å². The summed E-state index contributed by atoms with van der Waals surface area (Å²) in [6.45, 7) is 5.97. The molecule has 0 spiro atoms. The summed E-state index contributed by atoms with van der Waals surface area (Å²) in [5, 5.41) is 3.26. The Bertz CT molecular complexity index is 1230. The number of nitrogens with zero attached hydrogens (tertiary/aromatic N) is 5. The molecule has 2 aliphatic rings. The number of rotatable bonds is 6. The second-order valence-corrected chi connectivity index (χ2v) is 8.90. The Balaban J connectivity index is 1.49. The van der Waals surface area contributed by atoms with Crippen LogP contribution in [0.4, 0.5) is 36.4 Å². The quantitative estimate of drug-likeness (QED) is 0.510. The van der Waals surface area contributed by atoms with E-state index in [1.54, 1.807) is 0 Å². The molecule has 2 saturated heterocycles. The van der Waals surface area contributed by atoms with Gasteiger partial charge in [0.25, 0.3) is 0 Å². The lowest BCUT2D eigenvalue weighted by Crippen LogP contribution is -2.37. The minimum atomic E-state index is -4.63. The number of aromatic nitrogens is 3. The summed E-state index contributed by atoms with van der Waals surface area (Å²) in [6, 6.07) is 10.2. The van der Waals surface area contributed by atoms with E-state index in [-0.39, 0.29) is 17.1 Å². The smallest absolute Gasteiger partial charge is 0.384 e. The van der Waals surface area contributed by atoms with Gasteiger partial charge in [-0.25, -0.2) is 9.97 Å². The van der Waals surface area contributed by atoms with Crippen molar-refractivity contribution in [3.05, 3.63) is 53.7 Å². The predicted molar refractivity (Wildman–Crippen MR) is 134 cm³/mol. The van der Waals surface area contributed by atoms with E-state index in [4.69, 9.17) is 15.2 Å². The molecule has 0 radical (unpaired) electrons. The van der Waals surface area contributed by atoms with E-state index in [2.05, 4.69) is 25.2 Å². The standard InChI is InChI=1S/C25H28F3N7O2/c26-25(27,28)20-13-22(29)30-15-19(20)21-14-23(33-24(32-21)35-6-10-37-11-7-35)31-18-3-1-2-17(12-18)16-34-4-8-36-9-5-34/h1-3,12-15H,4-11,16H2,(H2,29,30)(H,31,32,33). The van der Waals surface area contributed by atoms with Gasteiger partial charge in [0.1, 0.15) is 11.6 Å². The van der Waals surface area contributed by atoms with Crippen molar-refractivity contribution in [1.82, 2.24) is 19.9 Å². The van der Waals surface area contributed by atoms with E-state index >= 15 is 0 Å². The molecule has 0 saturated carbocycles. The highest BCUT2D eigenvalue weighted by atomic mass is 19.4. The number of ether oxygens (including phenoxy) is 2. The maximum absolute atomic E-state index is 13.9. The van der Waals surface area contributed by atoms with Crippen LogP contribution in [0.15, 0.2) is 42.6 Å². The second kappa shape index (κ2) is 10.9. The van der Waals surface area contributed by atoms with Crippen LogP contribution in [0, 0.1) is 0 Å².